The number of nitrogens with zero attached hydrogens (tertiary/aromatic N) is 3. The van der Waals surface area contributed by atoms with Gasteiger partial charge in [0.25, 0.3) is 0 Å². The first-order chi connectivity index (χ1) is 15.6. The average molecular weight is 466 g/mol. The maximum Gasteiger partial charge on any atom is 0.335 e. The maximum absolute atomic E-state index is 14.3. The summed E-state index contributed by atoms with van der Waals surface area (Å²) in [4.78, 5) is 22.0. The molecule has 5 N–H and O–H groups in total. The summed E-state index contributed by atoms with van der Waals surface area (Å²) in [6.45, 7) is 3.84. The summed E-state index contributed by atoms with van der Waals surface area (Å²) in [5, 5.41) is 28.6. The zero-order chi connectivity index (χ0) is 23.9. The highest BCUT2D eigenvalue weighted by Gasteiger charge is 2.45. The van der Waals surface area contributed by atoms with Gasteiger partial charge in [-0.15, -0.1) is 0 Å². The number of aromatic nitrogens is 2. The summed E-state index contributed by atoms with van der Waals surface area (Å²) >= 11 is 0. The second-order valence-electron chi connectivity index (χ2n) is 8.64. The summed E-state index contributed by atoms with van der Waals surface area (Å²) in [7, 11) is 0. The molecule has 1 aliphatic heterocycles. The van der Waals surface area contributed by atoms with Crippen LogP contribution < -0.4 is 20.9 Å². The van der Waals surface area contributed by atoms with E-state index in [-0.39, 0.29) is 24.9 Å². The molecule has 0 saturated heterocycles. The van der Waals surface area contributed by atoms with E-state index in [4.69, 9.17) is 0 Å². The van der Waals surface area contributed by atoms with Gasteiger partial charge in [-0.05, 0) is 39.5 Å². The Morgan fingerprint density at radius 2 is 1.88 bits per heavy atom. The fourth-order valence-corrected chi connectivity index (χ4v) is 4.22. The summed E-state index contributed by atoms with van der Waals surface area (Å²) in [6.07, 6.45) is 1.27. The van der Waals surface area contributed by atoms with E-state index in [0.29, 0.717) is 42.4 Å². The minimum Gasteiger partial charge on any atom is -0.479 e. The van der Waals surface area contributed by atoms with E-state index >= 15 is 0 Å². The van der Waals surface area contributed by atoms with E-state index in [2.05, 4.69) is 25.9 Å². The molecule has 2 aliphatic rings. The number of carbonyl (C=O) groups is 1. The van der Waals surface area contributed by atoms with Gasteiger partial charge in [0.05, 0.1) is 11.9 Å². The Morgan fingerprint density at radius 1 is 1.24 bits per heavy atom. The van der Waals surface area contributed by atoms with Gasteiger partial charge in [-0.25, -0.2) is 22.9 Å². The number of hydrogen-bond acceptors (Lipinski definition) is 8. The van der Waals surface area contributed by atoms with Crippen LogP contribution in [0.3, 0.4) is 0 Å². The predicted octanol–water partition coefficient (Wildman–Crippen LogP) is 3.10. The number of carboxylic acids is 1. The second-order valence-corrected chi connectivity index (χ2v) is 8.64. The molecule has 0 amide bonds. The zero-order valence-corrected chi connectivity index (χ0v) is 18.1. The first-order valence-electron chi connectivity index (χ1n) is 10.6. The van der Waals surface area contributed by atoms with Crippen LogP contribution in [0, 0.1) is 17.5 Å². The molecule has 0 spiro atoms. The molecule has 9 nitrogen and oxygen atoms in total. The van der Waals surface area contributed by atoms with Crippen LogP contribution in [-0.4, -0.2) is 50.1 Å². The molecule has 0 bridgehead atoms. The molecule has 2 heterocycles. The van der Waals surface area contributed by atoms with E-state index < -0.39 is 41.0 Å². The molecular weight excluding hydrogens is 441 g/mol. The first kappa shape index (κ1) is 22.9. The van der Waals surface area contributed by atoms with Crippen molar-refractivity contribution in [2.75, 3.05) is 20.9 Å². The van der Waals surface area contributed by atoms with Gasteiger partial charge in [-0.1, -0.05) is 0 Å². The minimum absolute atomic E-state index is 0.00695. The van der Waals surface area contributed by atoms with Crippen molar-refractivity contribution in [3.05, 3.63) is 35.8 Å². The van der Waals surface area contributed by atoms with Crippen LogP contribution in [0.25, 0.3) is 0 Å². The van der Waals surface area contributed by atoms with Crippen LogP contribution in [0.5, 0.6) is 0 Å². The largest absolute Gasteiger partial charge is 0.479 e. The smallest absolute Gasteiger partial charge is 0.335 e. The Hall–Kier alpha value is -3.28. The second kappa shape index (κ2) is 8.58. The highest BCUT2D eigenvalue weighted by Crippen LogP contribution is 2.40. The van der Waals surface area contributed by atoms with Crippen molar-refractivity contribution in [1.29, 1.82) is 0 Å². The van der Waals surface area contributed by atoms with Crippen molar-refractivity contribution in [1.82, 2.24) is 9.97 Å². The quantitative estimate of drug-likeness (QED) is 0.437. The lowest BCUT2D eigenvalue weighted by atomic mass is 9.81. The summed E-state index contributed by atoms with van der Waals surface area (Å²) in [5.74, 6) is -3.69. The van der Waals surface area contributed by atoms with Gasteiger partial charge in [0.2, 0.25) is 5.95 Å². The number of halogens is 3. The van der Waals surface area contributed by atoms with Crippen molar-refractivity contribution in [3.63, 3.8) is 0 Å². The topological polar surface area (TPSA) is 123 Å². The normalized spacial score (nSPS) is 24.4. The van der Waals surface area contributed by atoms with Crippen LogP contribution in [-0.2, 0) is 4.79 Å². The molecule has 1 saturated carbocycles. The molecule has 178 valence electrons. The number of fused-ring (bicyclic) bond motifs is 1. The molecule has 1 unspecified atom stereocenters. The number of anilines is 4. The SMILES string of the molecule is CC(C)Nc1ncc2c(n1)N(C1CCC(O)(C(=O)O)CC1)C(Nc1c(F)cc(F)cc1F)N2. The van der Waals surface area contributed by atoms with Crippen molar-refractivity contribution < 1.29 is 28.2 Å². The van der Waals surface area contributed by atoms with E-state index in [1.54, 1.807) is 4.90 Å². The third-order valence-electron chi connectivity index (χ3n) is 5.86. The number of hydrogen-bond donors (Lipinski definition) is 5. The number of rotatable bonds is 6. The monoisotopic (exact) mass is 466 g/mol. The van der Waals surface area contributed by atoms with Crippen molar-refractivity contribution in [2.24, 2.45) is 0 Å². The molecule has 1 aromatic heterocycles. The van der Waals surface area contributed by atoms with Crippen molar-refractivity contribution >= 4 is 29.1 Å². The number of aliphatic hydroxyl groups is 1. The van der Waals surface area contributed by atoms with Gasteiger partial charge in [0.15, 0.2) is 29.3 Å². The Kier molecular flexibility index (Phi) is 5.95. The lowest BCUT2D eigenvalue weighted by Crippen LogP contribution is -2.53. The van der Waals surface area contributed by atoms with Gasteiger partial charge in [-0.3, -0.25) is 0 Å². The van der Waals surface area contributed by atoms with Crippen LogP contribution in [0.2, 0.25) is 0 Å². The van der Waals surface area contributed by atoms with Crippen LogP contribution >= 0.6 is 0 Å². The van der Waals surface area contributed by atoms with E-state index in [0.717, 1.165) is 0 Å². The van der Waals surface area contributed by atoms with E-state index in [1.165, 1.54) is 6.20 Å². The molecule has 2 aromatic rings. The Bertz CT molecular complexity index is 1040. The van der Waals surface area contributed by atoms with Gasteiger partial charge < -0.3 is 31.1 Å². The van der Waals surface area contributed by atoms with Gasteiger partial charge in [0, 0.05) is 24.2 Å². The Morgan fingerprint density at radius 3 is 2.45 bits per heavy atom. The van der Waals surface area contributed by atoms with E-state index in [9.17, 15) is 28.2 Å². The molecule has 0 radical (unpaired) electrons. The predicted molar refractivity (Wildman–Crippen MR) is 115 cm³/mol. The maximum atomic E-state index is 14.3. The molecule has 33 heavy (non-hydrogen) atoms. The molecule has 1 fully saturated rings. The van der Waals surface area contributed by atoms with Crippen LogP contribution in [0.1, 0.15) is 39.5 Å². The molecule has 1 aliphatic carbocycles. The summed E-state index contributed by atoms with van der Waals surface area (Å²) in [5.41, 5.74) is -1.83. The third-order valence-corrected chi connectivity index (χ3v) is 5.86. The number of benzene rings is 1. The first-order valence-corrected chi connectivity index (χ1v) is 10.6. The van der Waals surface area contributed by atoms with Crippen molar-refractivity contribution in [2.45, 2.75) is 63.5 Å². The highest BCUT2D eigenvalue weighted by atomic mass is 19.1. The average Bonchev–Trinajstić information content (AvgIpc) is 3.08. The fourth-order valence-electron chi connectivity index (χ4n) is 4.22. The minimum atomic E-state index is -1.82. The van der Waals surface area contributed by atoms with Crippen LogP contribution in [0.4, 0.5) is 36.3 Å². The Balaban J connectivity index is 1.67. The summed E-state index contributed by atoms with van der Waals surface area (Å²) in [6, 6.07) is 0.915. The lowest BCUT2D eigenvalue weighted by Gasteiger charge is -2.40. The number of aliphatic carboxylic acids is 1. The van der Waals surface area contributed by atoms with Gasteiger partial charge in [-0.2, -0.15) is 4.98 Å². The molecule has 4 rings (SSSR count). The Labute approximate surface area is 188 Å². The number of nitrogens with one attached hydrogen (secondary N) is 3. The fraction of sp³-hybridized carbons (Fsp3) is 0.476. The molecule has 1 atom stereocenters. The van der Waals surface area contributed by atoms with Crippen molar-refractivity contribution in [3.8, 4) is 0 Å². The molecular formula is C21H25F3N6O3. The van der Waals surface area contributed by atoms with Gasteiger partial charge >= 0.3 is 5.97 Å². The van der Waals surface area contributed by atoms with E-state index in [1.807, 2.05) is 13.8 Å². The van der Waals surface area contributed by atoms with Gasteiger partial charge in [0.1, 0.15) is 11.5 Å². The molecule has 1 aromatic carbocycles. The summed E-state index contributed by atoms with van der Waals surface area (Å²) < 4.78 is 42.0. The van der Waals surface area contributed by atoms with Crippen LogP contribution in [0.15, 0.2) is 18.3 Å². The third kappa shape index (κ3) is 4.47. The number of carboxylic acid groups (broad SMARTS) is 1. The zero-order valence-electron chi connectivity index (χ0n) is 18.1. The molecule has 12 heteroatoms. The highest BCUT2D eigenvalue weighted by molar-refractivity contribution is 5.78. The standard InChI is InChI=1S/C21H25F3N6O3/c1-10(2)26-19-25-9-15-17(29-19)30(12-3-5-21(33,6-4-12)18(31)32)20(27-15)28-16-13(23)7-11(22)8-14(16)24/h7-10,12,20,27-28,33H,3-6H2,1-2H3,(H,31,32)(H,25,26,29). The lowest BCUT2D eigenvalue weighted by molar-refractivity contribution is -0.162.